The van der Waals surface area contributed by atoms with E-state index in [4.69, 9.17) is 14.5 Å². The number of pyridine rings is 1. The predicted octanol–water partition coefficient (Wildman–Crippen LogP) is 5.32. The highest BCUT2D eigenvalue weighted by atomic mass is 32.1. The molecule has 0 bridgehead atoms. The summed E-state index contributed by atoms with van der Waals surface area (Å²) in [6.07, 6.45) is 5.76. The Labute approximate surface area is 188 Å². The van der Waals surface area contributed by atoms with E-state index in [0.717, 1.165) is 51.4 Å². The van der Waals surface area contributed by atoms with E-state index in [1.54, 1.807) is 23.7 Å². The zero-order valence-electron chi connectivity index (χ0n) is 17.5. The summed E-state index contributed by atoms with van der Waals surface area (Å²) in [5.74, 6) is 3.37. The Morgan fingerprint density at radius 2 is 1.88 bits per heavy atom. The minimum absolute atomic E-state index is 0.452. The lowest BCUT2D eigenvalue weighted by atomic mass is 10.1. The molecule has 32 heavy (non-hydrogen) atoms. The highest BCUT2D eigenvalue weighted by Gasteiger charge is 2.29. The van der Waals surface area contributed by atoms with E-state index in [-0.39, 0.29) is 0 Å². The average Bonchev–Trinajstić information content (AvgIpc) is 3.44. The largest absolute Gasteiger partial charge is 0.350 e. The first-order valence-electron chi connectivity index (χ1n) is 10.5. The SMILES string of the molecule is CN(Cc1nc(-c2cccnc2)no1)c1nc(C2CC2)nc2scc(-c3ccccc3)c12. The molecule has 1 aliphatic rings. The van der Waals surface area contributed by atoms with Gasteiger partial charge in [0.2, 0.25) is 11.7 Å². The van der Waals surface area contributed by atoms with Crippen molar-refractivity contribution in [3.63, 3.8) is 0 Å². The Morgan fingerprint density at radius 1 is 1.03 bits per heavy atom. The Bertz CT molecular complexity index is 1380. The average molecular weight is 441 g/mol. The quantitative estimate of drug-likeness (QED) is 0.354. The number of hydrogen-bond acceptors (Lipinski definition) is 8. The van der Waals surface area contributed by atoms with Crippen molar-refractivity contribution in [1.29, 1.82) is 0 Å². The van der Waals surface area contributed by atoms with Crippen LogP contribution in [-0.2, 0) is 6.54 Å². The van der Waals surface area contributed by atoms with Gasteiger partial charge < -0.3 is 9.42 Å². The van der Waals surface area contributed by atoms with Gasteiger partial charge in [0.05, 0.1) is 11.9 Å². The molecule has 0 spiro atoms. The van der Waals surface area contributed by atoms with E-state index in [0.29, 0.717) is 24.2 Å². The number of hydrogen-bond donors (Lipinski definition) is 0. The van der Waals surface area contributed by atoms with Crippen LogP contribution in [0, 0.1) is 0 Å². The van der Waals surface area contributed by atoms with Crippen molar-refractivity contribution < 1.29 is 4.52 Å². The van der Waals surface area contributed by atoms with Crippen LogP contribution in [0.1, 0.15) is 30.5 Å². The van der Waals surface area contributed by atoms with Crippen molar-refractivity contribution in [2.75, 3.05) is 11.9 Å². The van der Waals surface area contributed by atoms with Crippen molar-refractivity contribution in [3.8, 4) is 22.5 Å². The molecule has 0 unspecified atom stereocenters. The summed E-state index contributed by atoms with van der Waals surface area (Å²) >= 11 is 1.67. The molecule has 0 saturated heterocycles. The zero-order valence-corrected chi connectivity index (χ0v) is 18.3. The van der Waals surface area contributed by atoms with Crippen LogP contribution in [0.15, 0.2) is 64.8 Å². The maximum absolute atomic E-state index is 5.54. The number of fused-ring (bicyclic) bond motifs is 1. The molecule has 6 rings (SSSR count). The first kappa shape index (κ1) is 19.1. The van der Waals surface area contributed by atoms with E-state index in [1.807, 2.05) is 25.2 Å². The third-order valence-corrected chi connectivity index (χ3v) is 6.45. The Hall–Kier alpha value is -3.65. The fraction of sp³-hybridized carbons (Fsp3) is 0.208. The fourth-order valence-corrected chi connectivity index (χ4v) is 4.73. The number of benzene rings is 1. The molecule has 1 aliphatic carbocycles. The zero-order chi connectivity index (χ0) is 21.5. The summed E-state index contributed by atoms with van der Waals surface area (Å²) in [4.78, 5) is 21.7. The van der Waals surface area contributed by atoms with E-state index in [1.165, 1.54) is 0 Å². The molecule has 8 heteroatoms. The van der Waals surface area contributed by atoms with Crippen LogP contribution < -0.4 is 4.90 Å². The molecule has 0 aliphatic heterocycles. The molecule has 0 atom stereocenters. The lowest BCUT2D eigenvalue weighted by Gasteiger charge is -2.18. The number of rotatable bonds is 6. The molecule has 1 saturated carbocycles. The van der Waals surface area contributed by atoms with Gasteiger partial charge >= 0.3 is 0 Å². The monoisotopic (exact) mass is 440 g/mol. The summed E-state index contributed by atoms with van der Waals surface area (Å²) in [5.41, 5.74) is 3.14. The van der Waals surface area contributed by atoms with Gasteiger partial charge in [0.25, 0.3) is 0 Å². The summed E-state index contributed by atoms with van der Waals surface area (Å²) < 4.78 is 5.54. The third kappa shape index (κ3) is 3.52. The lowest BCUT2D eigenvalue weighted by molar-refractivity contribution is 0.378. The molecular weight excluding hydrogens is 420 g/mol. The van der Waals surface area contributed by atoms with Crippen molar-refractivity contribution >= 4 is 27.4 Å². The molecule has 0 radical (unpaired) electrons. The normalized spacial score (nSPS) is 13.5. The summed E-state index contributed by atoms with van der Waals surface area (Å²) in [7, 11) is 2.01. The molecule has 5 aromatic rings. The highest BCUT2D eigenvalue weighted by molar-refractivity contribution is 7.17. The van der Waals surface area contributed by atoms with Gasteiger partial charge in [-0.25, -0.2) is 9.97 Å². The number of anilines is 1. The van der Waals surface area contributed by atoms with E-state index < -0.39 is 0 Å². The van der Waals surface area contributed by atoms with Gasteiger partial charge in [-0.15, -0.1) is 11.3 Å². The molecule has 0 N–H and O–H groups in total. The Balaban J connectivity index is 1.39. The second-order valence-electron chi connectivity index (χ2n) is 7.98. The summed E-state index contributed by atoms with van der Waals surface area (Å²) in [6.45, 7) is 0.452. The van der Waals surface area contributed by atoms with Crippen LogP contribution in [-0.4, -0.2) is 32.1 Å². The fourth-order valence-electron chi connectivity index (χ4n) is 3.78. The van der Waals surface area contributed by atoms with Gasteiger partial charge in [-0.2, -0.15) is 4.98 Å². The van der Waals surface area contributed by atoms with Crippen molar-refractivity contribution in [3.05, 3.63) is 72.0 Å². The van der Waals surface area contributed by atoms with Crippen molar-refractivity contribution in [2.45, 2.75) is 25.3 Å². The minimum Gasteiger partial charge on any atom is -0.350 e. The minimum atomic E-state index is 0.452. The molecular formula is C24H20N6OS. The van der Waals surface area contributed by atoms with Gasteiger partial charge in [-0.1, -0.05) is 35.5 Å². The maximum atomic E-state index is 5.54. The second-order valence-corrected chi connectivity index (χ2v) is 8.84. The van der Waals surface area contributed by atoms with Gasteiger partial charge in [-0.05, 0) is 30.5 Å². The van der Waals surface area contributed by atoms with Crippen LogP contribution in [0.5, 0.6) is 0 Å². The second kappa shape index (κ2) is 7.80. The van der Waals surface area contributed by atoms with Gasteiger partial charge in [-0.3, -0.25) is 4.98 Å². The summed E-state index contributed by atoms with van der Waals surface area (Å²) in [5, 5.41) is 7.37. The van der Waals surface area contributed by atoms with Gasteiger partial charge in [0, 0.05) is 41.9 Å². The number of nitrogens with zero attached hydrogens (tertiary/aromatic N) is 6. The standard InChI is InChI=1S/C24H20N6OS/c1-30(13-19-26-22(29-31-19)17-8-5-11-25-12-17)23-20-18(15-6-3-2-4-7-15)14-32-24(20)28-21(27-23)16-9-10-16/h2-8,11-12,14,16H,9-10,13H2,1H3. The Kier molecular flexibility index (Phi) is 4.65. The number of aromatic nitrogens is 5. The van der Waals surface area contributed by atoms with Gasteiger partial charge in [0.1, 0.15) is 16.5 Å². The van der Waals surface area contributed by atoms with Crippen molar-refractivity contribution in [2.24, 2.45) is 0 Å². The smallest absolute Gasteiger partial charge is 0.246 e. The molecule has 4 heterocycles. The molecule has 4 aromatic heterocycles. The van der Waals surface area contributed by atoms with Crippen LogP contribution in [0.25, 0.3) is 32.7 Å². The van der Waals surface area contributed by atoms with Crippen LogP contribution in [0.4, 0.5) is 5.82 Å². The van der Waals surface area contributed by atoms with Crippen LogP contribution in [0.3, 0.4) is 0 Å². The topological polar surface area (TPSA) is 80.8 Å². The molecule has 7 nitrogen and oxygen atoms in total. The predicted molar refractivity (Wildman–Crippen MR) is 124 cm³/mol. The van der Waals surface area contributed by atoms with Crippen molar-refractivity contribution in [1.82, 2.24) is 25.1 Å². The molecule has 158 valence electrons. The Morgan fingerprint density at radius 3 is 2.66 bits per heavy atom. The third-order valence-electron chi connectivity index (χ3n) is 5.58. The first-order chi connectivity index (χ1) is 15.8. The van der Waals surface area contributed by atoms with E-state index in [2.05, 4.69) is 49.7 Å². The lowest BCUT2D eigenvalue weighted by Crippen LogP contribution is -2.19. The molecule has 1 aromatic carbocycles. The molecule has 1 fully saturated rings. The van der Waals surface area contributed by atoms with E-state index in [9.17, 15) is 0 Å². The molecule has 0 amide bonds. The first-order valence-corrected chi connectivity index (χ1v) is 11.4. The van der Waals surface area contributed by atoms with Crippen LogP contribution >= 0.6 is 11.3 Å². The highest BCUT2D eigenvalue weighted by Crippen LogP contribution is 2.43. The van der Waals surface area contributed by atoms with Crippen LogP contribution in [0.2, 0.25) is 0 Å². The maximum Gasteiger partial charge on any atom is 0.246 e. The van der Waals surface area contributed by atoms with E-state index >= 15 is 0 Å². The summed E-state index contributed by atoms with van der Waals surface area (Å²) in [6, 6.07) is 14.2. The van der Waals surface area contributed by atoms with Gasteiger partial charge in [0.15, 0.2) is 0 Å². The number of thiophene rings is 1.